The van der Waals surface area contributed by atoms with E-state index < -0.39 is 0 Å². The summed E-state index contributed by atoms with van der Waals surface area (Å²) in [7, 11) is 0. The molecule has 3 nitrogen and oxygen atoms in total. The number of hydrogen-bond acceptors (Lipinski definition) is 2. The van der Waals surface area contributed by atoms with Gasteiger partial charge in [-0.2, -0.15) is 0 Å². The number of halogens is 1. The zero-order chi connectivity index (χ0) is 8.10. The van der Waals surface area contributed by atoms with Crippen LogP contribution in [0.5, 0.6) is 0 Å². The number of aromatic nitrogens is 1. The molecule has 0 atom stereocenters. The lowest BCUT2D eigenvalue weighted by Crippen LogP contribution is -2.16. The minimum atomic E-state index is 0. The summed E-state index contributed by atoms with van der Waals surface area (Å²) in [4.78, 5) is 3.87. The first kappa shape index (κ1) is 11.3. The summed E-state index contributed by atoms with van der Waals surface area (Å²) in [5.41, 5.74) is 1.10. The van der Waals surface area contributed by atoms with Crippen molar-refractivity contribution >= 4 is 30.2 Å². The lowest BCUT2D eigenvalue weighted by atomic mass is 10.3. The largest absolute Gasteiger partial charge is 0.361 e. The van der Waals surface area contributed by atoms with E-state index >= 15 is 0 Å². The quantitative estimate of drug-likeness (QED) is 0.387. The van der Waals surface area contributed by atoms with Crippen LogP contribution in [0.3, 0.4) is 0 Å². The Morgan fingerprint density at radius 2 is 2.08 bits per heavy atom. The van der Waals surface area contributed by atoms with Crippen LogP contribution >= 0.6 is 25.0 Å². The topological polar surface area (TPSA) is 48.8 Å². The van der Waals surface area contributed by atoms with Crippen LogP contribution in [0, 0.1) is 5.41 Å². The van der Waals surface area contributed by atoms with Gasteiger partial charge in [-0.15, -0.1) is 25.0 Å². The third-order valence-corrected chi connectivity index (χ3v) is 1.37. The molecule has 0 aromatic carbocycles. The highest BCUT2D eigenvalue weighted by molar-refractivity contribution is 7.96. The van der Waals surface area contributed by atoms with E-state index in [-0.39, 0.29) is 17.6 Å². The van der Waals surface area contributed by atoms with E-state index in [2.05, 4.69) is 22.9 Å². The average Bonchev–Trinajstić information content (AvgIpc) is 2.03. The predicted octanol–water partition coefficient (Wildman–Crippen LogP) is 1.46. The minimum absolute atomic E-state index is 0. The molecule has 1 rings (SSSR count). The second kappa shape index (κ2) is 5.85. The summed E-state index contributed by atoms with van der Waals surface area (Å²) in [6.45, 7) is 0.630. The van der Waals surface area contributed by atoms with Crippen LogP contribution in [0.15, 0.2) is 24.5 Å². The smallest absolute Gasteiger partial charge is 0.150 e. The van der Waals surface area contributed by atoms with Crippen LogP contribution in [0.2, 0.25) is 0 Å². The van der Waals surface area contributed by atoms with Crippen LogP contribution in [0.1, 0.15) is 5.56 Å². The number of hydrogen-bond donors (Lipinski definition) is 3. The van der Waals surface area contributed by atoms with Gasteiger partial charge in [0, 0.05) is 18.9 Å². The van der Waals surface area contributed by atoms with Gasteiger partial charge in [-0.05, 0) is 17.7 Å². The van der Waals surface area contributed by atoms with Crippen LogP contribution in [0.25, 0.3) is 0 Å². The van der Waals surface area contributed by atoms with Gasteiger partial charge < -0.3 is 5.32 Å². The summed E-state index contributed by atoms with van der Waals surface area (Å²) in [6.07, 6.45) is 3.44. The molecular weight excluding hydrogens is 194 g/mol. The fraction of sp³-hybridized carbons (Fsp3) is 0.143. The molecule has 5 heteroatoms. The van der Waals surface area contributed by atoms with Crippen LogP contribution in [0.4, 0.5) is 0 Å². The molecule has 0 spiro atoms. The summed E-state index contributed by atoms with van der Waals surface area (Å²) < 4.78 is 0. The van der Waals surface area contributed by atoms with Crippen molar-refractivity contribution in [3.63, 3.8) is 0 Å². The number of amidine groups is 1. The van der Waals surface area contributed by atoms with Crippen molar-refractivity contribution in [1.29, 1.82) is 5.41 Å². The summed E-state index contributed by atoms with van der Waals surface area (Å²) in [5.74, 6) is 0. The summed E-state index contributed by atoms with van der Waals surface area (Å²) in [5, 5.41) is 9.94. The van der Waals surface area contributed by atoms with Gasteiger partial charge in [0.2, 0.25) is 0 Å². The Balaban J connectivity index is 0.00000121. The fourth-order valence-electron chi connectivity index (χ4n) is 0.686. The van der Waals surface area contributed by atoms with Crippen molar-refractivity contribution in [1.82, 2.24) is 10.3 Å². The van der Waals surface area contributed by atoms with E-state index in [1.54, 1.807) is 12.4 Å². The lowest BCUT2D eigenvalue weighted by Gasteiger charge is -2.01. The molecule has 2 N–H and O–H groups in total. The maximum absolute atomic E-state index is 6.98. The Hall–Kier alpha value is -0.740. The van der Waals surface area contributed by atoms with E-state index in [1.165, 1.54) is 0 Å². The Kier molecular flexibility index (Phi) is 5.49. The van der Waals surface area contributed by atoms with E-state index in [9.17, 15) is 0 Å². The first-order chi connectivity index (χ1) is 5.29. The fourth-order valence-corrected chi connectivity index (χ4v) is 0.765. The predicted molar refractivity (Wildman–Crippen MR) is 55.0 cm³/mol. The van der Waals surface area contributed by atoms with Crippen molar-refractivity contribution in [3.8, 4) is 0 Å². The van der Waals surface area contributed by atoms with Crippen molar-refractivity contribution in [3.05, 3.63) is 30.1 Å². The highest BCUT2D eigenvalue weighted by Gasteiger charge is 1.89. The highest BCUT2D eigenvalue weighted by Crippen LogP contribution is 1.94. The molecule has 12 heavy (non-hydrogen) atoms. The molecule has 0 aliphatic carbocycles. The van der Waals surface area contributed by atoms with Gasteiger partial charge in [0.1, 0.15) is 0 Å². The van der Waals surface area contributed by atoms with Gasteiger partial charge in [0.15, 0.2) is 5.17 Å². The first-order valence-corrected chi connectivity index (χ1v) is 3.64. The Bertz CT molecular complexity index is 240. The van der Waals surface area contributed by atoms with Gasteiger partial charge in [-0.3, -0.25) is 10.4 Å². The summed E-state index contributed by atoms with van der Waals surface area (Å²) >= 11 is 3.78. The highest BCUT2D eigenvalue weighted by atomic mass is 35.5. The van der Waals surface area contributed by atoms with E-state index in [4.69, 9.17) is 5.41 Å². The molecule has 0 bridgehead atoms. The molecule has 66 valence electrons. The van der Waals surface area contributed by atoms with Crippen molar-refractivity contribution in [2.24, 2.45) is 0 Å². The standard InChI is InChI=1S/C7H9N3S.ClH/c8-7(11)10-5-6-1-3-9-4-2-6;/h1-4H,5H2,(H3,8,10,11);1H. The number of rotatable bonds is 2. The Morgan fingerprint density at radius 1 is 1.50 bits per heavy atom. The van der Waals surface area contributed by atoms with Gasteiger partial charge in [-0.25, -0.2) is 0 Å². The summed E-state index contributed by atoms with van der Waals surface area (Å²) in [6, 6.07) is 3.79. The minimum Gasteiger partial charge on any atom is -0.361 e. The maximum atomic E-state index is 6.98. The van der Waals surface area contributed by atoms with Crippen molar-refractivity contribution in [2.75, 3.05) is 0 Å². The second-order valence-corrected chi connectivity index (χ2v) is 2.50. The normalized spacial score (nSPS) is 8.42. The van der Waals surface area contributed by atoms with Crippen molar-refractivity contribution in [2.45, 2.75) is 6.54 Å². The molecule has 0 saturated carbocycles. The van der Waals surface area contributed by atoms with Gasteiger partial charge >= 0.3 is 0 Å². The van der Waals surface area contributed by atoms with Crippen LogP contribution in [-0.2, 0) is 6.54 Å². The molecule has 0 aliphatic rings. The molecule has 0 amide bonds. The number of nitrogens with zero attached hydrogens (tertiary/aromatic N) is 1. The Labute approximate surface area is 82.9 Å². The molecule has 1 heterocycles. The zero-order valence-electron chi connectivity index (χ0n) is 6.32. The molecule has 0 aliphatic heterocycles. The third kappa shape index (κ3) is 4.20. The van der Waals surface area contributed by atoms with E-state index in [0.29, 0.717) is 6.54 Å². The molecule has 0 radical (unpaired) electrons. The number of pyridine rings is 1. The lowest BCUT2D eigenvalue weighted by molar-refractivity contribution is 0.919. The molecule has 0 fully saturated rings. The Morgan fingerprint density at radius 3 is 2.58 bits per heavy atom. The SMILES string of the molecule is Cl.N=C(S)NCc1ccncc1. The monoisotopic (exact) mass is 203 g/mol. The van der Waals surface area contributed by atoms with Crippen molar-refractivity contribution < 1.29 is 0 Å². The van der Waals surface area contributed by atoms with E-state index in [0.717, 1.165) is 5.56 Å². The molecule has 1 aromatic rings. The van der Waals surface area contributed by atoms with Gasteiger partial charge in [0.25, 0.3) is 0 Å². The average molecular weight is 204 g/mol. The van der Waals surface area contributed by atoms with Crippen LogP contribution in [-0.4, -0.2) is 10.2 Å². The molecular formula is C7H10ClN3S. The third-order valence-electron chi connectivity index (χ3n) is 1.21. The number of thiol groups is 1. The van der Waals surface area contributed by atoms with Gasteiger partial charge in [0.05, 0.1) is 0 Å². The zero-order valence-corrected chi connectivity index (χ0v) is 8.03. The number of nitrogens with one attached hydrogen (secondary N) is 2. The maximum Gasteiger partial charge on any atom is 0.150 e. The second-order valence-electron chi connectivity index (χ2n) is 2.06. The van der Waals surface area contributed by atoms with Gasteiger partial charge in [-0.1, -0.05) is 0 Å². The first-order valence-electron chi connectivity index (χ1n) is 3.19. The van der Waals surface area contributed by atoms with E-state index in [1.807, 2.05) is 12.1 Å². The van der Waals surface area contributed by atoms with Crippen LogP contribution < -0.4 is 5.32 Å². The molecule has 0 saturated heterocycles. The molecule has 0 unspecified atom stereocenters. The molecule has 1 aromatic heterocycles.